The van der Waals surface area contributed by atoms with Crippen molar-refractivity contribution in [1.82, 2.24) is 9.88 Å². The number of hydrogen-bond acceptors (Lipinski definition) is 4. The van der Waals surface area contributed by atoms with E-state index in [-0.39, 0.29) is 12.5 Å². The molecule has 0 saturated carbocycles. The van der Waals surface area contributed by atoms with Gasteiger partial charge in [-0.2, -0.15) is 0 Å². The molecule has 1 heterocycles. The molecule has 0 spiro atoms. The van der Waals surface area contributed by atoms with Crippen molar-refractivity contribution >= 4 is 46.4 Å². The summed E-state index contributed by atoms with van der Waals surface area (Å²) in [6, 6.07) is 12.4. The third-order valence-corrected chi connectivity index (χ3v) is 4.96. The van der Waals surface area contributed by atoms with E-state index in [9.17, 15) is 4.79 Å². The number of hydrogen-bond donors (Lipinski definition) is 1. The van der Waals surface area contributed by atoms with E-state index in [4.69, 9.17) is 39.2 Å². The van der Waals surface area contributed by atoms with Crippen molar-refractivity contribution in [3.63, 3.8) is 0 Å². The summed E-state index contributed by atoms with van der Waals surface area (Å²) in [4.78, 5) is 18.6. The monoisotopic (exact) mass is 437 g/mol. The molecule has 0 aliphatic heterocycles. The number of para-hydroxylation sites is 1. The fourth-order valence-corrected chi connectivity index (χ4v) is 3.22. The second-order valence-electron chi connectivity index (χ2n) is 6.07. The second-order valence-corrected chi connectivity index (χ2v) is 7.32. The number of oxazole rings is 1. The molecule has 0 aliphatic carbocycles. The van der Waals surface area contributed by atoms with Crippen molar-refractivity contribution in [3.8, 4) is 11.3 Å². The molecule has 0 fully saturated rings. The SMILES string of the molecule is CCN(CC(=O)Nc1c(Cl)cccc1Cl)Cc1ncc(-c2ccc(Cl)cc2)o1. The lowest BCUT2D eigenvalue weighted by Crippen LogP contribution is -2.33. The van der Waals surface area contributed by atoms with Crippen molar-refractivity contribution in [2.75, 3.05) is 18.4 Å². The number of carbonyl (C=O) groups is 1. The largest absolute Gasteiger partial charge is 0.439 e. The maximum absolute atomic E-state index is 12.4. The number of likely N-dealkylation sites (N-methyl/N-ethyl adjacent to an activating group) is 1. The van der Waals surface area contributed by atoms with Crippen LogP contribution in [-0.2, 0) is 11.3 Å². The molecule has 1 aromatic heterocycles. The van der Waals surface area contributed by atoms with Crippen LogP contribution in [0.3, 0.4) is 0 Å². The molecule has 146 valence electrons. The standard InChI is InChI=1S/C20H18Cl3N3O2/c1-2-26(11-18(27)25-20-15(22)4-3-5-16(20)23)12-19-24-10-17(28-19)13-6-8-14(21)9-7-13/h3-10H,2,11-12H2,1H3,(H,25,27). The number of anilines is 1. The van der Waals surface area contributed by atoms with Crippen LogP contribution in [0, 0.1) is 0 Å². The van der Waals surface area contributed by atoms with Gasteiger partial charge >= 0.3 is 0 Å². The number of nitrogens with zero attached hydrogens (tertiary/aromatic N) is 2. The highest BCUT2D eigenvalue weighted by atomic mass is 35.5. The van der Waals surface area contributed by atoms with E-state index in [1.165, 1.54) is 0 Å². The molecule has 2 aromatic carbocycles. The van der Waals surface area contributed by atoms with E-state index in [1.54, 1.807) is 36.5 Å². The summed E-state index contributed by atoms with van der Waals surface area (Å²) in [5, 5.41) is 4.20. The Hall–Kier alpha value is -2.05. The van der Waals surface area contributed by atoms with E-state index >= 15 is 0 Å². The van der Waals surface area contributed by atoms with Gasteiger partial charge in [-0.1, -0.05) is 47.8 Å². The first-order valence-electron chi connectivity index (χ1n) is 8.63. The molecule has 3 rings (SSSR count). The summed E-state index contributed by atoms with van der Waals surface area (Å²) in [6.07, 6.45) is 1.66. The first kappa shape index (κ1) is 20.7. The van der Waals surface area contributed by atoms with Crippen LogP contribution in [-0.4, -0.2) is 28.9 Å². The van der Waals surface area contributed by atoms with Crippen LogP contribution in [0.25, 0.3) is 11.3 Å². The highest BCUT2D eigenvalue weighted by Gasteiger charge is 2.16. The maximum atomic E-state index is 12.4. The summed E-state index contributed by atoms with van der Waals surface area (Å²) in [7, 11) is 0. The number of carbonyl (C=O) groups excluding carboxylic acids is 1. The molecule has 0 aliphatic rings. The molecule has 1 N–H and O–H groups in total. The summed E-state index contributed by atoms with van der Waals surface area (Å²) in [6.45, 7) is 3.14. The van der Waals surface area contributed by atoms with Gasteiger partial charge in [0.05, 0.1) is 35.0 Å². The maximum Gasteiger partial charge on any atom is 0.238 e. The molecule has 5 nitrogen and oxygen atoms in total. The minimum Gasteiger partial charge on any atom is -0.439 e. The molecular formula is C20H18Cl3N3O2. The number of aromatic nitrogens is 1. The lowest BCUT2D eigenvalue weighted by molar-refractivity contribution is -0.117. The van der Waals surface area contributed by atoms with Crippen LogP contribution in [0.4, 0.5) is 5.69 Å². The first-order chi connectivity index (χ1) is 13.5. The number of rotatable bonds is 7. The predicted octanol–water partition coefficient (Wildman–Crippen LogP) is 5.76. The molecule has 3 aromatic rings. The Bertz CT molecular complexity index is 937. The molecule has 0 saturated heterocycles. The summed E-state index contributed by atoms with van der Waals surface area (Å²) in [5.41, 5.74) is 1.30. The number of benzene rings is 2. The first-order valence-corrected chi connectivity index (χ1v) is 9.76. The zero-order valence-electron chi connectivity index (χ0n) is 15.1. The molecule has 28 heavy (non-hydrogen) atoms. The topological polar surface area (TPSA) is 58.4 Å². The molecular weight excluding hydrogens is 421 g/mol. The highest BCUT2D eigenvalue weighted by molar-refractivity contribution is 6.39. The van der Waals surface area contributed by atoms with Crippen LogP contribution >= 0.6 is 34.8 Å². The number of nitrogens with one attached hydrogen (secondary N) is 1. The molecule has 0 atom stereocenters. The Morgan fingerprint density at radius 3 is 2.43 bits per heavy atom. The van der Waals surface area contributed by atoms with Crippen LogP contribution in [0.5, 0.6) is 0 Å². The molecule has 0 radical (unpaired) electrons. The van der Waals surface area contributed by atoms with E-state index < -0.39 is 0 Å². The zero-order valence-corrected chi connectivity index (χ0v) is 17.4. The predicted molar refractivity (Wildman–Crippen MR) is 113 cm³/mol. The summed E-state index contributed by atoms with van der Waals surface area (Å²) >= 11 is 18.1. The average Bonchev–Trinajstić information content (AvgIpc) is 3.13. The average molecular weight is 439 g/mol. The van der Waals surface area contributed by atoms with Gasteiger partial charge in [-0.15, -0.1) is 0 Å². The summed E-state index contributed by atoms with van der Waals surface area (Å²) in [5.74, 6) is 0.951. The summed E-state index contributed by atoms with van der Waals surface area (Å²) < 4.78 is 5.81. The highest BCUT2D eigenvalue weighted by Crippen LogP contribution is 2.29. The van der Waals surface area contributed by atoms with Gasteiger partial charge in [0.15, 0.2) is 5.76 Å². The van der Waals surface area contributed by atoms with Crippen LogP contribution in [0.2, 0.25) is 15.1 Å². The molecule has 0 bridgehead atoms. The van der Waals surface area contributed by atoms with Crippen LogP contribution < -0.4 is 5.32 Å². The van der Waals surface area contributed by atoms with Crippen molar-refractivity contribution in [1.29, 1.82) is 0 Å². The van der Waals surface area contributed by atoms with Crippen molar-refractivity contribution in [3.05, 3.63) is 69.6 Å². The lowest BCUT2D eigenvalue weighted by atomic mass is 10.2. The van der Waals surface area contributed by atoms with Crippen LogP contribution in [0.1, 0.15) is 12.8 Å². The minimum atomic E-state index is -0.221. The Balaban J connectivity index is 1.63. The number of halogens is 3. The molecule has 0 unspecified atom stereocenters. The van der Waals surface area contributed by atoms with Gasteiger partial charge in [-0.25, -0.2) is 4.98 Å². The fourth-order valence-electron chi connectivity index (χ4n) is 2.60. The van der Waals surface area contributed by atoms with Gasteiger partial charge in [0.25, 0.3) is 0 Å². The Labute approximate surface area is 178 Å². The quantitative estimate of drug-likeness (QED) is 0.509. The van der Waals surface area contributed by atoms with E-state index in [2.05, 4.69) is 10.3 Å². The zero-order chi connectivity index (χ0) is 20.1. The van der Waals surface area contributed by atoms with Crippen LogP contribution in [0.15, 0.2) is 53.1 Å². The second kappa shape index (κ2) is 9.43. The van der Waals surface area contributed by atoms with Gasteiger partial charge in [0.1, 0.15) is 0 Å². The van der Waals surface area contributed by atoms with E-state index in [1.807, 2.05) is 24.0 Å². The van der Waals surface area contributed by atoms with Gasteiger partial charge < -0.3 is 9.73 Å². The number of amides is 1. The smallest absolute Gasteiger partial charge is 0.238 e. The van der Waals surface area contributed by atoms with Gasteiger partial charge in [0, 0.05) is 10.6 Å². The molecule has 8 heteroatoms. The minimum absolute atomic E-state index is 0.150. The van der Waals surface area contributed by atoms with Gasteiger partial charge in [0.2, 0.25) is 11.8 Å². The Kier molecular flexibility index (Phi) is 6.97. The Morgan fingerprint density at radius 1 is 1.11 bits per heavy atom. The molecule has 1 amide bonds. The van der Waals surface area contributed by atoms with Crippen molar-refractivity contribution < 1.29 is 9.21 Å². The van der Waals surface area contributed by atoms with Crippen molar-refractivity contribution in [2.45, 2.75) is 13.5 Å². The normalized spacial score (nSPS) is 11.0. The Morgan fingerprint density at radius 2 is 1.79 bits per heavy atom. The lowest BCUT2D eigenvalue weighted by Gasteiger charge is -2.18. The van der Waals surface area contributed by atoms with E-state index in [0.717, 1.165) is 5.56 Å². The van der Waals surface area contributed by atoms with E-state index in [0.29, 0.717) is 45.5 Å². The third kappa shape index (κ3) is 5.26. The van der Waals surface area contributed by atoms with Gasteiger partial charge in [-0.05, 0) is 42.9 Å². The fraction of sp³-hybridized carbons (Fsp3) is 0.200. The van der Waals surface area contributed by atoms with Gasteiger partial charge in [-0.3, -0.25) is 9.69 Å². The van der Waals surface area contributed by atoms with Crippen molar-refractivity contribution in [2.24, 2.45) is 0 Å². The third-order valence-electron chi connectivity index (χ3n) is 4.08.